The summed E-state index contributed by atoms with van der Waals surface area (Å²) in [5.41, 5.74) is 2.66. The van der Waals surface area contributed by atoms with Gasteiger partial charge in [0.15, 0.2) is 0 Å². The van der Waals surface area contributed by atoms with Gasteiger partial charge in [-0.2, -0.15) is 0 Å². The minimum absolute atomic E-state index is 0.141. The predicted octanol–water partition coefficient (Wildman–Crippen LogP) is 3.90. The van der Waals surface area contributed by atoms with Gasteiger partial charge in [-0.15, -0.1) is 0 Å². The molecule has 122 valence electrons. The van der Waals surface area contributed by atoms with Crippen molar-refractivity contribution in [3.8, 4) is 0 Å². The first kappa shape index (κ1) is 16.3. The van der Waals surface area contributed by atoms with Gasteiger partial charge in [0.25, 0.3) is 5.91 Å². The van der Waals surface area contributed by atoms with Gasteiger partial charge in [-0.3, -0.25) is 4.79 Å². The molecule has 0 saturated carbocycles. The standard InChI is InChI=1S/C19H18ClN3O/c1-13-3-5-15(6-4-13)19(24)22-17(18-21-11-12-23(18)2)14-7-9-16(20)10-8-14/h3-12,17H,1-2H3,(H,22,24)/t17-/m0/s1. The molecule has 0 bridgehead atoms. The Balaban J connectivity index is 1.93. The van der Waals surface area contributed by atoms with Crippen LogP contribution in [0.4, 0.5) is 0 Å². The molecule has 1 amide bonds. The minimum Gasteiger partial charge on any atom is -0.338 e. The zero-order valence-corrected chi connectivity index (χ0v) is 14.3. The van der Waals surface area contributed by atoms with Gasteiger partial charge in [-0.25, -0.2) is 4.98 Å². The molecule has 24 heavy (non-hydrogen) atoms. The molecule has 0 unspecified atom stereocenters. The van der Waals surface area contributed by atoms with Gasteiger partial charge in [0.1, 0.15) is 11.9 Å². The Bertz CT molecular complexity index is 838. The molecule has 0 fully saturated rings. The average Bonchev–Trinajstić information content (AvgIpc) is 3.00. The van der Waals surface area contributed by atoms with Crippen LogP contribution in [0.2, 0.25) is 5.02 Å². The maximum atomic E-state index is 12.6. The first-order valence-electron chi connectivity index (χ1n) is 7.65. The number of hydrogen-bond donors (Lipinski definition) is 1. The van der Waals surface area contributed by atoms with Crippen LogP contribution < -0.4 is 5.32 Å². The van der Waals surface area contributed by atoms with E-state index in [9.17, 15) is 4.79 Å². The number of hydrogen-bond acceptors (Lipinski definition) is 2. The number of nitrogens with zero attached hydrogens (tertiary/aromatic N) is 2. The van der Waals surface area contributed by atoms with Crippen molar-refractivity contribution in [2.45, 2.75) is 13.0 Å². The molecule has 3 rings (SSSR count). The number of halogens is 1. The van der Waals surface area contributed by atoms with E-state index in [-0.39, 0.29) is 11.9 Å². The number of carbonyl (C=O) groups is 1. The summed E-state index contributed by atoms with van der Waals surface area (Å²) in [5.74, 6) is 0.621. The van der Waals surface area contributed by atoms with E-state index < -0.39 is 0 Å². The lowest BCUT2D eigenvalue weighted by molar-refractivity contribution is 0.0941. The second-order valence-corrected chi connectivity index (χ2v) is 6.16. The second-order valence-electron chi connectivity index (χ2n) is 5.72. The first-order valence-corrected chi connectivity index (χ1v) is 8.02. The molecule has 4 nitrogen and oxygen atoms in total. The smallest absolute Gasteiger partial charge is 0.252 e. The highest BCUT2D eigenvalue weighted by Gasteiger charge is 2.21. The quantitative estimate of drug-likeness (QED) is 0.783. The number of imidazole rings is 1. The van der Waals surface area contributed by atoms with Crippen molar-refractivity contribution < 1.29 is 4.79 Å². The van der Waals surface area contributed by atoms with Crippen molar-refractivity contribution in [1.29, 1.82) is 0 Å². The van der Waals surface area contributed by atoms with Crippen molar-refractivity contribution in [1.82, 2.24) is 14.9 Å². The number of aromatic nitrogens is 2. The summed E-state index contributed by atoms with van der Waals surface area (Å²) in [6.45, 7) is 1.99. The van der Waals surface area contributed by atoms with Gasteiger partial charge in [0, 0.05) is 30.0 Å². The summed E-state index contributed by atoms with van der Waals surface area (Å²) in [5, 5.41) is 3.72. The van der Waals surface area contributed by atoms with Gasteiger partial charge in [-0.1, -0.05) is 41.4 Å². The SMILES string of the molecule is Cc1ccc(C(=O)N[C@@H](c2ccc(Cl)cc2)c2nccn2C)cc1. The van der Waals surface area contributed by atoms with Crippen molar-refractivity contribution in [2.75, 3.05) is 0 Å². The van der Waals surface area contributed by atoms with E-state index in [0.29, 0.717) is 10.6 Å². The third-order valence-corrected chi connectivity index (χ3v) is 4.16. The van der Waals surface area contributed by atoms with Crippen molar-refractivity contribution in [3.05, 3.63) is 88.5 Å². The van der Waals surface area contributed by atoms with Crippen molar-refractivity contribution >= 4 is 17.5 Å². The second kappa shape index (κ2) is 6.89. The van der Waals surface area contributed by atoms with Crippen molar-refractivity contribution in [2.24, 2.45) is 7.05 Å². The van der Waals surface area contributed by atoms with Gasteiger partial charge < -0.3 is 9.88 Å². The molecule has 1 atom stereocenters. The van der Waals surface area contributed by atoms with Crippen LogP contribution in [-0.2, 0) is 7.05 Å². The van der Waals surface area contributed by atoms with Gasteiger partial charge in [0.2, 0.25) is 0 Å². The largest absolute Gasteiger partial charge is 0.338 e. The maximum Gasteiger partial charge on any atom is 0.252 e. The van der Waals surface area contributed by atoms with E-state index >= 15 is 0 Å². The molecular formula is C19H18ClN3O. The Morgan fingerprint density at radius 3 is 2.38 bits per heavy atom. The number of benzene rings is 2. The number of aryl methyl sites for hydroxylation is 2. The Morgan fingerprint density at radius 2 is 1.79 bits per heavy atom. The molecule has 2 aromatic carbocycles. The Kier molecular flexibility index (Phi) is 4.67. The fourth-order valence-electron chi connectivity index (χ4n) is 2.53. The minimum atomic E-state index is -0.351. The van der Waals surface area contributed by atoms with Crippen LogP contribution in [0.25, 0.3) is 0 Å². The zero-order chi connectivity index (χ0) is 17.1. The zero-order valence-electron chi connectivity index (χ0n) is 13.5. The summed E-state index contributed by atoms with van der Waals surface area (Å²) in [4.78, 5) is 17.0. The third kappa shape index (κ3) is 3.49. The summed E-state index contributed by atoms with van der Waals surface area (Å²) < 4.78 is 1.90. The summed E-state index contributed by atoms with van der Waals surface area (Å²) in [6, 6.07) is 14.6. The maximum absolute atomic E-state index is 12.6. The number of amides is 1. The number of nitrogens with one attached hydrogen (secondary N) is 1. The Morgan fingerprint density at radius 1 is 1.12 bits per heavy atom. The normalized spacial score (nSPS) is 12.0. The fraction of sp³-hybridized carbons (Fsp3) is 0.158. The van der Waals surface area contributed by atoms with Crippen LogP contribution in [0.3, 0.4) is 0 Å². The van der Waals surface area contributed by atoms with Crippen LogP contribution in [0, 0.1) is 6.92 Å². The molecule has 0 radical (unpaired) electrons. The number of rotatable bonds is 4. The number of carbonyl (C=O) groups excluding carboxylic acids is 1. The van der Waals surface area contributed by atoms with E-state index in [4.69, 9.17) is 11.6 Å². The van der Waals surface area contributed by atoms with E-state index in [1.807, 2.05) is 73.3 Å². The molecule has 0 saturated heterocycles. The molecule has 1 aromatic heterocycles. The van der Waals surface area contributed by atoms with Gasteiger partial charge >= 0.3 is 0 Å². The first-order chi connectivity index (χ1) is 11.5. The van der Waals surface area contributed by atoms with Gasteiger partial charge in [-0.05, 0) is 36.8 Å². The fourth-order valence-corrected chi connectivity index (χ4v) is 2.65. The highest BCUT2D eigenvalue weighted by Crippen LogP contribution is 2.23. The molecule has 0 aliphatic carbocycles. The van der Waals surface area contributed by atoms with E-state index in [0.717, 1.165) is 17.0 Å². The van der Waals surface area contributed by atoms with Crippen LogP contribution in [0.5, 0.6) is 0 Å². The molecule has 0 aliphatic heterocycles. The average molecular weight is 340 g/mol. The predicted molar refractivity (Wildman–Crippen MR) is 95.1 cm³/mol. The molecule has 3 aromatic rings. The Hall–Kier alpha value is -2.59. The van der Waals surface area contributed by atoms with Crippen LogP contribution in [-0.4, -0.2) is 15.5 Å². The summed E-state index contributed by atoms with van der Waals surface area (Å²) >= 11 is 5.98. The van der Waals surface area contributed by atoms with Crippen molar-refractivity contribution in [3.63, 3.8) is 0 Å². The molecular weight excluding hydrogens is 322 g/mol. The molecule has 1 heterocycles. The van der Waals surface area contributed by atoms with Crippen LogP contribution in [0.15, 0.2) is 60.9 Å². The summed E-state index contributed by atoms with van der Waals surface area (Å²) in [7, 11) is 1.91. The molecule has 0 aliphatic rings. The lowest BCUT2D eigenvalue weighted by Gasteiger charge is -2.19. The molecule has 0 spiro atoms. The van der Waals surface area contributed by atoms with E-state index in [1.165, 1.54) is 0 Å². The summed E-state index contributed by atoms with van der Waals surface area (Å²) in [6.07, 6.45) is 3.58. The van der Waals surface area contributed by atoms with E-state index in [1.54, 1.807) is 6.20 Å². The lowest BCUT2D eigenvalue weighted by atomic mass is 10.0. The van der Waals surface area contributed by atoms with Gasteiger partial charge in [0.05, 0.1) is 0 Å². The molecule has 1 N–H and O–H groups in total. The topological polar surface area (TPSA) is 46.9 Å². The Labute approximate surface area is 146 Å². The van der Waals surface area contributed by atoms with E-state index in [2.05, 4.69) is 10.3 Å². The third-order valence-electron chi connectivity index (χ3n) is 3.91. The highest BCUT2D eigenvalue weighted by atomic mass is 35.5. The lowest BCUT2D eigenvalue weighted by Crippen LogP contribution is -2.31. The van der Waals surface area contributed by atoms with Crippen LogP contribution >= 0.6 is 11.6 Å². The monoisotopic (exact) mass is 339 g/mol. The highest BCUT2D eigenvalue weighted by molar-refractivity contribution is 6.30. The van der Waals surface area contributed by atoms with Crippen LogP contribution in [0.1, 0.15) is 33.4 Å². The molecule has 5 heteroatoms.